The van der Waals surface area contributed by atoms with Gasteiger partial charge in [0.15, 0.2) is 11.5 Å². The lowest BCUT2D eigenvalue weighted by Gasteiger charge is -2.07. The fourth-order valence-electron chi connectivity index (χ4n) is 2.77. The van der Waals surface area contributed by atoms with Gasteiger partial charge in [0.1, 0.15) is 12.4 Å². The first-order valence-electron chi connectivity index (χ1n) is 8.29. The van der Waals surface area contributed by atoms with Crippen LogP contribution in [0, 0.1) is 0 Å². The molecule has 0 N–H and O–H groups in total. The first-order chi connectivity index (χ1) is 12.3. The second-order valence-corrected chi connectivity index (χ2v) is 5.90. The van der Waals surface area contributed by atoms with Crippen molar-refractivity contribution in [3.8, 4) is 17.2 Å². The summed E-state index contributed by atoms with van der Waals surface area (Å²) in [5.74, 6) is 2.97. The van der Waals surface area contributed by atoms with Gasteiger partial charge >= 0.3 is 0 Å². The van der Waals surface area contributed by atoms with Gasteiger partial charge in [0, 0.05) is 12.6 Å². The molecule has 3 heteroatoms. The van der Waals surface area contributed by atoms with Crippen LogP contribution in [-0.2, 0) is 13.7 Å². The van der Waals surface area contributed by atoms with Crippen LogP contribution in [0.3, 0.4) is 0 Å². The van der Waals surface area contributed by atoms with Gasteiger partial charge in [-0.2, -0.15) is 0 Å². The molecule has 0 atom stereocenters. The minimum atomic E-state index is 0.592. The zero-order valence-electron chi connectivity index (χ0n) is 14.1. The first-order valence-corrected chi connectivity index (χ1v) is 8.29. The molecule has 2 heterocycles. The van der Waals surface area contributed by atoms with Crippen LogP contribution in [0.1, 0.15) is 5.69 Å². The highest BCUT2D eigenvalue weighted by atomic mass is 16.6. The largest absolute Gasteiger partial charge is 0.487 e. The first kappa shape index (κ1) is 15.3. The molecule has 1 aliphatic rings. The van der Waals surface area contributed by atoms with Crippen molar-refractivity contribution >= 4 is 10.9 Å². The fourth-order valence-corrected chi connectivity index (χ4v) is 2.77. The SMILES string of the molecule is Cn1c(COc2ccccc2)cc2ccccc21.c1ccc2c(c1)O2. The number of nitrogens with zero attached hydrogens (tertiary/aromatic N) is 1. The molecule has 25 heavy (non-hydrogen) atoms. The molecule has 3 aromatic carbocycles. The molecule has 1 aromatic heterocycles. The van der Waals surface area contributed by atoms with E-state index in [2.05, 4.69) is 41.9 Å². The molecule has 1 aliphatic heterocycles. The molecule has 0 bridgehead atoms. The summed E-state index contributed by atoms with van der Waals surface area (Å²) in [6, 6.07) is 28.3. The number of para-hydroxylation sites is 4. The minimum Gasteiger partial charge on any atom is -0.487 e. The van der Waals surface area contributed by atoms with E-state index in [1.807, 2.05) is 54.6 Å². The average molecular weight is 329 g/mol. The third-order valence-corrected chi connectivity index (χ3v) is 4.21. The van der Waals surface area contributed by atoms with Gasteiger partial charge < -0.3 is 14.0 Å². The Labute approximate surface area is 147 Å². The molecule has 0 spiro atoms. The van der Waals surface area contributed by atoms with Gasteiger partial charge in [-0.1, -0.05) is 48.5 Å². The van der Waals surface area contributed by atoms with Crippen molar-refractivity contribution in [2.24, 2.45) is 7.05 Å². The Hall–Kier alpha value is -3.20. The van der Waals surface area contributed by atoms with Crippen molar-refractivity contribution in [2.75, 3.05) is 0 Å². The van der Waals surface area contributed by atoms with Gasteiger partial charge in [-0.3, -0.25) is 0 Å². The molecule has 0 amide bonds. The summed E-state index contributed by atoms with van der Waals surface area (Å²) >= 11 is 0. The van der Waals surface area contributed by atoms with Gasteiger partial charge in [0.25, 0.3) is 0 Å². The number of hydrogen-bond donors (Lipinski definition) is 0. The van der Waals surface area contributed by atoms with Gasteiger partial charge in [0.2, 0.25) is 0 Å². The number of aryl methyl sites for hydroxylation is 1. The smallest absolute Gasteiger partial charge is 0.170 e. The molecule has 124 valence electrons. The van der Waals surface area contributed by atoms with E-state index in [0.717, 1.165) is 17.2 Å². The fraction of sp³-hybridized carbons (Fsp3) is 0.0909. The van der Waals surface area contributed by atoms with Gasteiger partial charge in [-0.05, 0) is 41.8 Å². The number of fused-ring (bicyclic) bond motifs is 2. The molecule has 4 aromatic rings. The lowest BCUT2D eigenvalue weighted by Crippen LogP contribution is -2.01. The normalized spacial score (nSPS) is 11.1. The molecule has 0 aliphatic carbocycles. The Morgan fingerprint density at radius 2 is 1.44 bits per heavy atom. The average Bonchev–Trinajstić information content (AvgIpc) is 3.39. The van der Waals surface area contributed by atoms with Crippen molar-refractivity contribution in [2.45, 2.75) is 6.61 Å². The van der Waals surface area contributed by atoms with Crippen molar-refractivity contribution < 1.29 is 9.47 Å². The summed E-state index contributed by atoms with van der Waals surface area (Å²) in [4.78, 5) is 0. The Morgan fingerprint density at radius 3 is 2.12 bits per heavy atom. The molecule has 0 saturated carbocycles. The molecule has 0 fully saturated rings. The molecule has 3 nitrogen and oxygen atoms in total. The van der Waals surface area contributed by atoms with E-state index in [9.17, 15) is 0 Å². The van der Waals surface area contributed by atoms with E-state index in [1.165, 1.54) is 16.6 Å². The van der Waals surface area contributed by atoms with Crippen molar-refractivity contribution in [1.82, 2.24) is 4.57 Å². The van der Waals surface area contributed by atoms with Crippen molar-refractivity contribution in [3.63, 3.8) is 0 Å². The Bertz CT molecular complexity index is 968. The predicted molar refractivity (Wildman–Crippen MR) is 100 cm³/mol. The predicted octanol–water partition coefficient (Wildman–Crippen LogP) is 5.55. The number of benzene rings is 3. The van der Waals surface area contributed by atoms with Crippen molar-refractivity contribution in [3.05, 3.63) is 90.6 Å². The molecular weight excluding hydrogens is 310 g/mol. The third-order valence-electron chi connectivity index (χ3n) is 4.21. The van der Waals surface area contributed by atoms with E-state index in [0.29, 0.717) is 6.61 Å². The zero-order valence-corrected chi connectivity index (χ0v) is 14.1. The van der Waals surface area contributed by atoms with Crippen LogP contribution in [0.15, 0.2) is 84.9 Å². The van der Waals surface area contributed by atoms with E-state index in [4.69, 9.17) is 9.47 Å². The second kappa shape index (κ2) is 6.73. The Balaban J connectivity index is 0.000000185. The third kappa shape index (κ3) is 3.50. The highest BCUT2D eigenvalue weighted by Gasteiger charge is 2.15. The lowest BCUT2D eigenvalue weighted by molar-refractivity contribution is 0.298. The lowest BCUT2D eigenvalue weighted by atomic mass is 10.2. The monoisotopic (exact) mass is 329 g/mol. The number of rotatable bonds is 3. The van der Waals surface area contributed by atoms with E-state index in [-0.39, 0.29) is 0 Å². The minimum absolute atomic E-state index is 0.592. The van der Waals surface area contributed by atoms with Crippen molar-refractivity contribution in [1.29, 1.82) is 0 Å². The standard InChI is InChI=1S/C16H15NO.C6H4O/c1-17-14(11-13-7-5-6-10-16(13)17)12-18-15-8-3-2-4-9-15;1-2-4-6-5(3-1)7-6/h2-11H,12H2,1H3;1-4H. The maximum Gasteiger partial charge on any atom is 0.170 e. The summed E-state index contributed by atoms with van der Waals surface area (Å²) < 4.78 is 12.9. The molecule has 0 radical (unpaired) electrons. The Morgan fingerprint density at radius 1 is 0.800 bits per heavy atom. The number of hydrogen-bond acceptors (Lipinski definition) is 2. The Kier molecular flexibility index (Phi) is 4.13. The molecule has 0 unspecified atom stereocenters. The highest BCUT2D eigenvalue weighted by molar-refractivity contribution is 5.81. The van der Waals surface area contributed by atoms with Crippen LogP contribution in [0.25, 0.3) is 10.9 Å². The molecule has 5 rings (SSSR count). The van der Waals surface area contributed by atoms with Crippen LogP contribution in [0.5, 0.6) is 17.2 Å². The van der Waals surface area contributed by atoms with Gasteiger partial charge in [-0.25, -0.2) is 0 Å². The summed E-state index contributed by atoms with van der Waals surface area (Å²) in [7, 11) is 2.08. The quantitative estimate of drug-likeness (QED) is 0.406. The van der Waals surface area contributed by atoms with E-state index in [1.54, 1.807) is 0 Å². The van der Waals surface area contributed by atoms with Gasteiger partial charge in [-0.15, -0.1) is 0 Å². The molecular formula is C22H19NO2. The van der Waals surface area contributed by atoms with E-state index < -0.39 is 0 Å². The summed E-state index contributed by atoms with van der Waals surface area (Å²) in [5, 5.41) is 1.26. The van der Waals surface area contributed by atoms with Crippen LogP contribution >= 0.6 is 0 Å². The summed E-state index contributed by atoms with van der Waals surface area (Å²) in [6.07, 6.45) is 0. The number of ether oxygens (including phenoxy) is 2. The summed E-state index contributed by atoms with van der Waals surface area (Å²) in [5.41, 5.74) is 2.42. The van der Waals surface area contributed by atoms with Crippen LogP contribution in [0.4, 0.5) is 0 Å². The second-order valence-electron chi connectivity index (χ2n) is 5.90. The van der Waals surface area contributed by atoms with Gasteiger partial charge in [0.05, 0.1) is 5.69 Å². The maximum absolute atomic E-state index is 5.78. The number of aromatic nitrogens is 1. The zero-order chi connectivity index (χ0) is 17.1. The summed E-state index contributed by atoms with van der Waals surface area (Å²) in [6.45, 7) is 0.592. The topological polar surface area (TPSA) is 26.7 Å². The van der Waals surface area contributed by atoms with E-state index >= 15 is 0 Å². The van der Waals surface area contributed by atoms with Crippen LogP contribution < -0.4 is 9.47 Å². The maximum atomic E-state index is 5.78. The molecule has 0 saturated heterocycles. The van der Waals surface area contributed by atoms with Crippen LogP contribution in [-0.4, -0.2) is 4.57 Å². The highest BCUT2D eigenvalue weighted by Crippen LogP contribution is 2.43. The van der Waals surface area contributed by atoms with Crippen LogP contribution in [0.2, 0.25) is 0 Å².